The molecule has 2 aromatic carbocycles. The Kier molecular flexibility index (Phi) is 5.29. The number of hydrogen-bond donors (Lipinski definition) is 0. The molecule has 3 heterocycles. The highest BCUT2D eigenvalue weighted by Crippen LogP contribution is 2.43. The summed E-state index contributed by atoms with van der Waals surface area (Å²) in [5.41, 5.74) is 2.16. The number of hydrogen-bond acceptors (Lipinski definition) is 7. The monoisotopic (exact) mass is 423 g/mol. The highest BCUT2D eigenvalue weighted by atomic mass is 16.5. The van der Waals surface area contributed by atoms with Crippen molar-refractivity contribution in [3.63, 3.8) is 0 Å². The molecule has 0 N–H and O–H groups in total. The van der Waals surface area contributed by atoms with Gasteiger partial charge in [-0.05, 0) is 37.1 Å². The van der Waals surface area contributed by atoms with Crippen LogP contribution in [0.4, 0.5) is 0 Å². The van der Waals surface area contributed by atoms with E-state index in [1.54, 1.807) is 26.4 Å². The van der Waals surface area contributed by atoms with Gasteiger partial charge in [-0.2, -0.15) is 0 Å². The van der Waals surface area contributed by atoms with Gasteiger partial charge in [-0.1, -0.05) is 12.1 Å². The summed E-state index contributed by atoms with van der Waals surface area (Å²) in [5.74, 6) is 2.58. The fourth-order valence-electron chi connectivity index (χ4n) is 4.36. The number of carbonyl (C=O) groups is 1. The van der Waals surface area contributed by atoms with Gasteiger partial charge in [0.05, 0.1) is 31.5 Å². The molecule has 2 aromatic rings. The van der Waals surface area contributed by atoms with Crippen LogP contribution in [0.5, 0.6) is 23.0 Å². The fraction of sp³-hybridized carbons (Fsp3) is 0.375. The first-order chi connectivity index (χ1) is 15.2. The minimum absolute atomic E-state index is 0.154. The number of Topliss-reactive ketones (excluding diaryl/α,β-unsaturated/α-hetero) is 1. The van der Waals surface area contributed by atoms with E-state index in [4.69, 9.17) is 23.7 Å². The zero-order valence-corrected chi connectivity index (χ0v) is 17.7. The number of rotatable bonds is 5. The summed E-state index contributed by atoms with van der Waals surface area (Å²) >= 11 is 0. The molecule has 0 spiro atoms. The number of carbonyl (C=O) groups excluding carboxylic acids is 1. The molecule has 1 saturated heterocycles. The fourth-order valence-corrected chi connectivity index (χ4v) is 4.36. The molecule has 31 heavy (non-hydrogen) atoms. The van der Waals surface area contributed by atoms with Crippen LogP contribution in [0.3, 0.4) is 0 Å². The maximum atomic E-state index is 13.1. The molecular formula is C24H25NO6. The third kappa shape index (κ3) is 3.64. The zero-order valence-electron chi connectivity index (χ0n) is 17.7. The summed E-state index contributed by atoms with van der Waals surface area (Å²) in [6.07, 6.45) is 4.11. The molecule has 1 fully saturated rings. The molecule has 0 unspecified atom stereocenters. The average Bonchev–Trinajstić information content (AvgIpc) is 3.42. The number of benzene rings is 2. The van der Waals surface area contributed by atoms with Gasteiger partial charge in [0.15, 0.2) is 17.3 Å². The number of fused-ring (bicyclic) bond motifs is 3. The Labute approximate surface area is 181 Å². The van der Waals surface area contributed by atoms with Crippen molar-refractivity contribution in [2.24, 2.45) is 0 Å². The van der Waals surface area contributed by atoms with Gasteiger partial charge in [-0.15, -0.1) is 0 Å². The third-order valence-corrected chi connectivity index (χ3v) is 5.89. The molecule has 0 aliphatic carbocycles. The van der Waals surface area contributed by atoms with Crippen LogP contribution in [-0.4, -0.2) is 50.9 Å². The van der Waals surface area contributed by atoms with Crippen LogP contribution in [0, 0.1) is 0 Å². The second-order valence-corrected chi connectivity index (χ2v) is 7.86. The van der Waals surface area contributed by atoms with E-state index < -0.39 is 0 Å². The second kappa shape index (κ2) is 8.24. The lowest BCUT2D eigenvalue weighted by atomic mass is 10.0. The quantitative estimate of drug-likeness (QED) is 0.680. The molecule has 0 bridgehead atoms. The van der Waals surface area contributed by atoms with E-state index in [-0.39, 0.29) is 17.6 Å². The van der Waals surface area contributed by atoms with Crippen molar-refractivity contribution in [1.82, 2.24) is 4.90 Å². The second-order valence-electron chi connectivity index (χ2n) is 7.86. The molecule has 5 rings (SSSR count). The van der Waals surface area contributed by atoms with Gasteiger partial charge in [-0.25, -0.2) is 0 Å². The van der Waals surface area contributed by atoms with Gasteiger partial charge in [0.1, 0.15) is 18.2 Å². The number of ether oxygens (including phenoxy) is 5. The van der Waals surface area contributed by atoms with E-state index >= 15 is 0 Å². The minimum atomic E-state index is -0.154. The summed E-state index contributed by atoms with van der Waals surface area (Å²) in [6.45, 7) is 2.79. The first-order valence-corrected chi connectivity index (χ1v) is 10.5. The van der Waals surface area contributed by atoms with Crippen LogP contribution in [0.1, 0.15) is 34.3 Å². The lowest BCUT2D eigenvalue weighted by Crippen LogP contribution is -2.37. The van der Waals surface area contributed by atoms with E-state index in [2.05, 4.69) is 4.90 Å². The van der Waals surface area contributed by atoms with Crippen molar-refractivity contribution in [3.8, 4) is 23.0 Å². The summed E-state index contributed by atoms with van der Waals surface area (Å²) in [7, 11) is 3.15. The van der Waals surface area contributed by atoms with Crippen molar-refractivity contribution in [2.75, 3.05) is 34.1 Å². The molecule has 162 valence electrons. The molecule has 7 heteroatoms. The highest BCUT2D eigenvalue weighted by molar-refractivity contribution is 6.15. The molecule has 0 amide bonds. The van der Waals surface area contributed by atoms with E-state index in [1.807, 2.05) is 24.3 Å². The van der Waals surface area contributed by atoms with Crippen LogP contribution >= 0.6 is 0 Å². The summed E-state index contributed by atoms with van der Waals surface area (Å²) in [6, 6.07) is 9.14. The largest absolute Gasteiger partial charge is 0.493 e. The third-order valence-electron chi connectivity index (χ3n) is 5.89. The Morgan fingerprint density at radius 2 is 2.10 bits per heavy atom. The first-order valence-electron chi connectivity index (χ1n) is 10.5. The van der Waals surface area contributed by atoms with Crippen LogP contribution in [-0.2, 0) is 11.3 Å². The highest BCUT2D eigenvalue weighted by Gasteiger charge is 2.34. The van der Waals surface area contributed by atoms with Crippen molar-refractivity contribution >= 4 is 11.9 Å². The molecular weight excluding hydrogens is 398 g/mol. The van der Waals surface area contributed by atoms with E-state index in [0.717, 1.165) is 37.3 Å². The molecule has 3 aliphatic rings. The van der Waals surface area contributed by atoms with Gasteiger partial charge >= 0.3 is 0 Å². The topological polar surface area (TPSA) is 66.5 Å². The minimum Gasteiger partial charge on any atom is -0.493 e. The SMILES string of the molecule is COc1cccc(/C=C2\Oc3c(ccc4c3CN(C[C@@H]3CCCO3)CO4)C2=O)c1OC. The Balaban J connectivity index is 1.44. The van der Waals surface area contributed by atoms with Gasteiger partial charge in [0.2, 0.25) is 5.78 Å². The summed E-state index contributed by atoms with van der Waals surface area (Å²) in [5, 5.41) is 0. The van der Waals surface area contributed by atoms with Crippen molar-refractivity contribution in [2.45, 2.75) is 25.5 Å². The van der Waals surface area contributed by atoms with Crippen molar-refractivity contribution in [3.05, 3.63) is 52.8 Å². The summed E-state index contributed by atoms with van der Waals surface area (Å²) in [4.78, 5) is 15.3. The van der Waals surface area contributed by atoms with Crippen LogP contribution in [0.15, 0.2) is 36.1 Å². The predicted molar refractivity (Wildman–Crippen MR) is 114 cm³/mol. The molecule has 0 aromatic heterocycles. The first kappa shape index (κ1) is 19.9. The maximum absolute atomic E-state index is 13.1. The molecule has 3 aliphatic heterocycles. The van der Waals surface area contributed by atoms with Gasteiger partial charge in [-0.3, -0.25) is 9.69 Å². The zero-order chi connectivity index (χ0) is 21.4. The van der Waals surface area contributed by atoms with Crippen LogP contribution in [0.25, 0.3) is 6.08 Å². The number of ketones is 1. The smallest absolute Gasteiger partial charge is 0.231 e. The van der Waals surface area contributed by atoms with Crippen molar-refractivity contribution < 1.29 is 28.5 Å². The van der Waals surface area contributed by atoms with E-state index in [1.165, 1.54) is 0 Å². The molecule has 0 radical (unpaired) electrons. The number of para-hydroxylation sites is 1. The molecule has 0 saturated carbocycles. The number of nitrogens with zero attached hydrogens (tertiary/aromatic N) is 1. The standard InChI is InChI=1S/C24H25NO6/c1-27-20-7-3-5-15(23(20)28-2)11-21-22(26)17-8-9-19-18(24(17)31-21)13-25(14-30-19)12-16-6-4-10-29-16/h3,5,7-9,11,16H,4,6,10,12-14H2,1-2H3/b21-11-/t16-/m0/s1. The normalized spacial score (nSPS) is 21.4. The Bertz CT molecular complexity index is 1040. The van der Waals surface area contributed by atoms with Gasteiger partial charge in [0.25, 0.3) is 0 Å². The maximum Gasteiger partial charge on any atom is 0.231 e. The Hall–Kier alpha value is -3.03. The Morgan fingerprint density at radius 1 is 1.19 bits per heavy atom. The van der Waals surface area contributed by atoms with Crippen LogP contribution < -0.4 is 18.9 Å². The van der Waals surface area contributed by atoms with Gasteiger partial charge < -0.3 is 23.7 Å². The number of allylic oxidation sites excluding steroid dienone is 1. The molecule has 1 atom stereocenters. The molecule has 7 nitrogen and oxygen atoms in total. The summed E-state index contributed by atoms with van der Waals surface area (Å²) < 4.78 is 28.6. The average molecular weight is 423 g/mol. The van der Waals surface area contributed by atoms with Crippen molar-refractivity contribution in [1.29, 1.82) is 0 Å². The lowest BCUT2D eigenvalue weighted by molar-refractivity contribution is 0.0274. The predicted octanol–water partition coefficient (Wildman–Crippen LogP) is 3.65. The lowest BCUT2D eigenvalue weighted by Gasteiger charge is -2.31. The van der Waals surface area contributed by atoms with Gasteiger partial charge in [0, 0.05) is 25.3 Å². The van der Waals surface area contributed by atoms with E-state index in [0.29, 0.717) is 41.7 Å². The number of methoxy groups -OCH3 is 2. The Morgan fingerprint density at radius 3 is 2.87 bits per heavy atom. The van der Waals surface area contributed by atoms with E-state index in [9.17, 15) is 4.79 Å². The van der Waals surface area contributed by atoms with Crippen LogP contribution in [0.2, 0.25) is 0 Å².